The zero-order valence-electron chi connectivity index (χ0n) is 9.56. The summed E-state index contributed by atoms with van der Waals surface area (Å²) in [6, 6.07) is -0.509. The Bertz CT molecular complexity index is 318. The van der Waals surface area contributed by atoms with Crippen molar-refractivity contribution in [1.29, 1.82) is 0 Å². The van der Waals surface area contributed by atoms with Crippen molar-refractivity contribution in [2.75, 3.05) is 13.7 Å². The average molecular weight is 244 g/mol. The SMILES string of the molecule is COC(CNC(=O)[C@H]1CCC(=O)N1)CC(=O)O. The highest BCUT2D eigenvalue weighted by molar-refractivity contribution is 5.90. The van der Waals surface area contributed by atoms with Crippen LogP contribution in [0, 0.1) is 0 Å². The molecule has 0 radical (unpaired) electrons. The molecule has 0 aromatic heterocycles. The molecule has 1 unspecified atom stereocenters. The van der Waals surface area contributed by atoms with Gasteiger partial charge in [0.1, 0.15) is 6.04 Å². The maximum absolute atomic E-state index is 11.6. The highest BCUT2D eigenvalue weighted by Crippen LogP contribution is 2.06. The van der Waals surface area contributed by atoms with Gasteiger partial charge in [0, 0.05) is 20.1 Å². The van der Waals surface area contributed by atoms with Crippen LogP contribution >= 0.6 is 0 Å². The van der Waals surface area contributed by atoms with Crippen LogP contribution in [0.2, 0.25) is 0 Å². The smallest absolute Gasteiger partial charge is 0.306 e. The average Bonchev–Trinajstić information content (AvgIpc) is 2.70. The minimum absolute atomic E-state index is 0.119. The van der Waals surface area contributed by atoms with Crippen molar-refractivity contribution >= 4 is 17.8 Å². The van der Waals surface area contributed by atoms with Crippen LogP contribution in [0.3, 0.4) is 0 Å². The van der Waals surface area contributed by atoms with Crippen molar-refractivity contribution in [3.8, 4) is 0 Å². The van der Waals surface area contributed by atoms with Crippen LogP contribution in [0.25, 0.3) is 0 Å². The fourth-order valence-corrected chi connectivity index (χ4v) is 1.58. The largest absolute Gasteiger partial charge is 0.481 e. The summed E-state index contributed by atoms with van der Waals surface area (Å²) < 4.78 is 4.91. The molecule has 2 atom stereocenters. The summed E-state index contributed by atoms with van der Waals surface area (Å²) in [5.74, 6) is -1.43. The third kappa shape index (κ3) is 4.39. The maximum atomic E-state index is 11.6. The second-order valence-electron chi connectivity index (χ2n) is 3.86. The first-order chi connectivity index (χ1) is 8.02. The summed E-state index contributed by atoms with van der Waals surface area (Å²) in [5, 5.41) is 13.7. The number of carbonyl (C=O) groups excluding carboxylic acids is 2. The molecule has 1 fully saturated rings. The molecule has 1 rings (SSSR count). The van der Waals surface area contributed by atoms with Crippen molar-refractivity contribution in [2.24, 2.45) is 0 Å². The molecular weight excluding hydrogens is 228 g/mol. The van der Waals surface area contributed by atoms with Crippen LogP contribution in [0.15, 0.2) is 0 Å². The van der Waals surface area contributed by atoms with Gasteiger partial charge in [-0.3, -0.25) is 14.4 Å². The van der Waals surface area contributed by atoms with E-state index < -0.39 is 18.1 Å². The molecule has 1 saturated heterocycles. The Hall–Kier alpha value is -1.63. The zero-order chi connectivity index (χ0) is 12.8. The first-order valence-electron chi connectivity index (χ1n) is 5.34. The Morgan fingerprint density at radius 1 is 1.65 bits per heavy atom. The zero-order valence-corrected chi connectivity index (χ0v) is 9.56. The molecule has 2 amide bonds. The number of carboxylic acid groups (broad SMARTS) is 1. The van der Waals surface area contributed by atoms with Gasteiger partial charge in [0.15, 0.2) is 0 Å². The molecule has 1 aliphatic rings. The van der Waals surface area contributed by atoms with Crippen LogP contribution in [0.4, 0.5) is 0 Å². The van der Waals surface area contributed by atoms with E-state index in [2.05, 4.69) is 10.6 Å². The molecule has 0 spiro atoms. The molecule has 7 heteroatoms. The van der Waals surface area contributed by atoms with E-state index >= 15 is 0 Å². The van der Waals surface area contributed by atoms with E-state index in [1.54, 1.807) is 0 Å². The van der Waals surface area contributed by atoms with Gasteiger partial charge in [-0.05, 0) is 6.42 Å². The van der Waals surface area contributed by atoms with E-state index in [-0.39, 0.29) is 24.8 Å². The highest BCUT2D eigenvalue weighted by Gasteiger charge is 2.27. The number of nitrogens with one attached hydrogen (secondary N) is 2. The molecule has 0 saturated carbocycles. The van der Waals surface area contributed by atoms with Gasteiger partial charge in [0.05, 0.1) is 12.5 Å². The summed E-state index contributed by atoms with van der Waals surface area (Å²) >= 11 is 0. The number of aliphatic carboxylic acids is 1. The first kappa shape index (κ1) is 13.4. The molecule has 0 aromatic carbocycles. The Balaban J connectivity index is 2.31. The minimum atomic E-state index is -0.986. The Morgan fingerprint density at radius 3 is 2.82 bits per heavy atom. The van der Waals surface area contributed by atoms with Crippen molar-refractivity contribution < 1.29 is 24.2 Å². The molecule has 0 aromatic rings. The van der Waals surface area contributed by atoms with Crippen molar-refractivity contribution in [1.82, 2.24) is 10.6 Å². The monoisotopic (exact) mass is 244 g/mol. The quantitative estimate of drug-likeness (QED) is 0.548. The van der Waals surface area contributed by atoms with Gasteiger partial charge < -0.3 is 20.5 Å². The fourth-order valence-electron chi connectivity index (χ4n) is 1.58. The van der Waals surface area contributed by atoms with E-state index in [1.807, 2.05) is 0 Å². The molecule has 96 valence electrons. The third-order valence-electron chi connectivity index (χ3n) is 2.55. The third-order valence-corrected chi connectivity index (χ3v) is 2.55. The molecular formula is C10H16N2O5. The van der Waals surface area contributed by atoms with Crippen molar-refractivity contribution in [3.63, 3.8) is 0 Å². The molecule has 3 N–H and O–H groups in total. The number of carboxylic acids is 1. The predicted molar refractivity (Wildman–Crippen MR) is 57.2 cm³/mol. The number of rotatable bonds is 6. The highest BCUT2D eigenvalue weighted by atomic mass is 16.5. The van der Waals surface area contributed by atoms with E-state index in [0.717, 1.165) is 0 Å². The van der Waals surface area contributed by atoms with Crippen LogP contribution in [-0.2, 0) is 19.1 Å². The van der Waals surface area contributed by atoms with Gasteiger partial charge >= 0.3 is 5.97 Å². The summed E-state index contributed by atoms with van der Waals surface area (Å²) in [4.78, 5) is 32.9. The fraction of sp³-hybridized carbons (Fsp3) is 0.700. The molecule has 0 aliphatic carbocycles. The predicted octanol–water partition coefficient (Wildman–Crippen LogP) is -1.13. The second kappa shape index (κ2) is 6.19. The number of amides is 2. The summed E-state index contributed by atoms with van der Waals surface area (Å²) in [6.45, 7) is 0.119. The van der Waals surface area contributed by atoms with Gasteiger partial charge in [-0.1, -0.05) is 0 Å². The van der Waals surface area contributed by atoms with E-state index in [4.69, 9.17) is 9.84 Å². The summed E-state index contributed by atoms with van der Waals surface area (Å²) in [7, 11) is 1.39. The van der Waals surface area contributed by atoms with Crippen LogP contribution in [0.5, 0.6) is 0 Å². The van der Waals surface area contributed by atoms with Crippen LogP contribution in [-0.4, -0.2) is 48.7 Å². The Kier molecular flexibility index (Phi) is 4.89. The van der Waals surface area contributed by atoms with Crippen molar-refractivity contribution in [3.05, 3.63) is 0 Å². The van der Waals surface area contributed by atoms with Gasteiger partial charge in [-0.15, -0.1) is 0 Å². The lowest BCUT2D eigenvalue weighted by Crippen LogP contribution is -2.44. The van der Waals surface area contributed by atoms with Crippen LogP contribution in [0.1, 0.15) is 19.3 Å². The molecule has 0 bridgehead atoms. The normalized spacial score (nSPS) is 20.8. The summed E-state index contributed by atoms with van der Waals surface area (Å²) in [6.07, 6.45) is 0.0873. The first-order valence-corrected chi connectivity index (χ1v) is 5.34. The number of carbonyl (C=O) groups is 3. The summed E-state index contributed by atoms with van der Waals surface area (Å²) in [5.41, 5.74) is 0. The molecule has 17 heavy (non-hydrogen) atoms. The lowest BCUT2D eigenvalue weighted by atomic mass is 10.2. The van der Waals surface area contributed by atoms with Gasteiger partial charge in [0.2, 0.25) is 11.8 Å². The van der Waals surface area contributed by atoms with Gasteiger partial charge in [-0.25, -0.2) is 0 Å². The Morgan fingerprint density at radius 2 is 2.35 bits per heavy atom. The van der Waals surface area contributed by atoms with Crippen molar-refractivity contribution in [2.45, 2.75) is 31.4 Å². The van der Waals surface area contributed by atoms with E-state index in [0.29, 0.717) is 12.8 Å². The van der Waals surface area contributed by atoms with E-state index in [1.165, 1.54) is 7.11 Å². The number of methoxy groups -OCH3 is 1. The second-order valence-corrected chi connectivity index (χ2v) is 3.86. The number of ether oxygens (including phenoxy) is 1. The van der Waals surface area contributed by atoms with Crippen LogP contribution < -0.4 is 10.6 Å². The van der Waals surface area contributed by atoms with Gasteiger partial charge in [0.25, 0.3) is 0 Å². The van der Waals surface area contributed by atoms with E-state index in [9.17, 15) is 14.4 Å². The minimum Gasteiger partial charge on any atom is -0.481 e. The standard InChI is InChI=1S/C10H16N2O5/c1-17-6(4-9(14)15)5-11-10(16)7-2-3-8(13)12-7/h6-7H,2-5H2,1H3,(H,11,16)(H,12,13)(H,14,15)/t6?,7-/m1/s1. The van der Waals surface area contributed by atoms with Gasteiger partial charge in [-0.2, -0.15) is 0 Å². The Labute approximate surface area is 98.5 Å². The molecule has 1 heterocycles. The number of hydrogen-bond acceptors (Lipinski definition) is 4. The molecule has 1 aliphatic heterocycles. The lowest BCUT2D eigenvalue weighted by Gasteiger charge is -2.16. The lowest BCUT2D eigenvalue weighted by molar-refractivity contribution is -0.140. The molecule has 7 nitrogen and oxygen atoms in total. The topological polar surface area (TPSA) is 105 Å². The maximum Gasteiger partial charge on any atom is 0.306 e. The number of hydrogen-bond donors (Lipinski definition) is 3.